The van der Waals surface area contributed by atoms with Crippen molar-refractivity contribution in [1.29, 1.82) is 0 Å². The van der Waals surface area contributed by atoms with Crippen molar-refractivity contribution < 1.29 is 0 Å². The lowest BCUT2D eigenvalue weighted by Crippen LogP contribution is -2.20. The number of aryl methyl sites for hydroxylation is 1. The first-order valence-corrected chi connectivity index (χ1v) is 10.9. The summed E-state index contributed by atoms with van der Waals surface area (Å²) in [6.45, 7) is 2.49. The van der Waals surface area contributed by atoms with E-state index in [1.165, 1.54) is 5.56 Å². The van der Waals surface area contributed by atoms with E-state index in [1.54, 1.807) is 33.6 Å². The average molecular weight is 416 g/mol. The predicted molar refractivity (Wildman–Crippen MR) is 121 cm³/mol. The molecule has 0 amide bonds. The van der Waals surface area contributed by atoms with E-state index in [0.717, 1.165) is 31.5 Å². The second-order valence-electron chi connectivity index (χ2n) is 6.88. The molecule has 0 bridgehead atoms. The highest BCUT2D eigenvalue weighted by molar-refractivity contribution is 7.21. The number of hydrogen-bond acceptors (Lipinski definition) is 5. The van der Waals surface area contributed by atoms with Crippen molar-refractivity contribution in [3.05, 3.63) is 94.0 Å². The summed E-state index contributed by atoms with van der Waals surface area (Å²) in [7, 11) is 0. The molecular weight excluding hydrogens is 398 g/mol. The van der Waals surface area contributed by atoms with Crippen LogP contribution in [0, 0.1) is 6.92 Å². The van der Waals surface area contributed by atoms with Gasteiger partial charge in [-0.2, -0.15) is 0 Å². The fourth-order valence-electron chi connectivity index (χ4n) is 3.20. The van der Waals surface area contributed by atoms with Crippen LogP contribution in [-0.2, 0) is 6.54 Å². The number of hydrogen-bond donors (Lipinski definition) is 0. The van der Waals surface area contributed by atoms with Gasteiger partial charge in [0.05, 0.1) is 24.0 Å². The molecule has 0 radical (unpaired) electrons. The van der Waals surface area contributed by atoms with Crippen LogP contribution in [0.15, 0.2) is 77.2 Å². The number of benzene rings is 2. The van der Waals surface area contributed by atoms with Crippen LogP contribution in [-0.4, -0.2) is 14.5 Å². The van der Waals surface area contributed by atoms with Crippen molar-refractivity contribution in [1.82, 2.24) is 14.5 Å². The van der Waals surface area contributed by atoms with Gasteiger partial charge in [-0.3, -0.25) is 9.36 Å². The van der Waals surface area contributed by atoms with Crippen molar-refractivity contribution in [2.24, 2.45) is 0 Å². The van der Waals surface area contributed by atoms with E-state index in [4.69, 9.17) is 4.98 Å². The first-order chi connectivity index (χ1) is 14.2. The van der Waals surface area contributed by atoms with Crippen molar-refractivity contribution >= 4 is 32.9 Å². The zero-order chi connectivity index (χ0) is 19.8. The molecule has 4 nitrogen and oxygen atoms in total. The molecule has 2 aromatic carbocycles. The largest absolute Gasteiger partial charge is 0.293 e. The Morgan fingerprint density at radius 2 is 1.79 bits per heavy atom. The molecule has 3 aromatic heterocycles. The molecule has 0 aliphatic heterocycles. The van der Waals surface area contributed by atoms with Gasteiger partial charge in [-0.25, -0.2) is 9.97 Å². The van der Waals surface area contributed by atoms with Crippen LogP contribution in [0.4, 0.5) is 0 Å². The zero-order valence-electron chi connectivity index (χ0n) is 15.7. The quantitative estimate of drug-likeness (QED) is 0.384. The molecule has 142 valence electrons. The van der Waals surface area contributed by atoms with Crippen molar-refractivity contribution in [3.63, 3.8) is 0 Å². The molecule has 29 heavy (non-hydrogen) atoms. The monoisotopic (exact) mass is 415 g/mol. The lowest BCUT2D eigenvalue weighted by molar-refractivity contribution is 0.735. The molecular formula is C23H17N3OS2. The Balaban J connectivity index is 1.46. The molecule has 0 spiro atoms. The van der Waals surface area contributed by atoms with Crippen LogP contribution in [0.2, 0.25) is 0 Å². The number of fused-ring (bicyclic) bond motifs is 1. The zero-order valence-corrected chi connectivity index (χ0v) is 17.3. The standard InChI is InChI=1S/C23H17N3OS2/c1-15-7-9-17(10-8-15)21-25-18(13-28-21)12-26-14-24-22-19(23(26)27)11-20(29-22)16-5-3-2-4-6-16/h2-11,13-14H,12H2,1H3. The molecule has 0 saturated heterocycles. The first kappa shape index (κ1) is 18.0. The van der Waals surface area contributed by atoms with Gasteiger partial charge in [0.25, 0.3) is 5.56 Å². The van der Waals surface area contributed by atoms with Gasteiger partial charge in [-0.1, -0.05) is 60.2 Å². The van der Waals surface area contributed by atoms with Crippen LogP contribution in [0.5, 0.6) is 0 Å². The van der Waals surface area contributed by atoms with Crippen molar-refractivity contribution in [2.45, 2.75) is 13.5 Å². The maximum atomic E-state index is 13.0. The summed E-state index contributed by atoms with van der Waals surface area (Å²) in [5.41, 5.74) is 4.26. The van der Waals surface area contributed by atoms with E-state index >= 15 is 0 Å². The van der Waals surface area contributed by atoms with Gasteiger partial charge < -0.3 is 0 Å². The maximum Gasteiger partial charge on any atom is 0.262 e. The van der Waals surface area contributed by atoms with Crippen LogP contribution in [0.3, 0.4) is 0 Å². The highest BCUT2D eigenvalue weighted by Gasteiger charge is 2.12. The van der Waals surface area contributed by atoms with Gasteiger partial charge >= 0.3 is 0 Å². The van der Waals surface area contributed by atoms with Crippen LogP contribution in [0.1, 0.15) is 11.3 Å². The van der Waals surface area contributed by atoms with Gasteiger partial charge in [-0.05, 0) is 18.6 Å². The third kappa shape index (κ3) is 3.52. The molecule has 0 N–H and O–H groups in total. The molecule has 0 aliphatic carbocycles. The van der Waals surface area contributed by atoms with E-state index in [2.05, 4.69) is 36.2 Å². The van der Waals surface area contributed by atoms with Crippen LogP contribution in [0.25, 0.3) is 31.2 Å². The van der Waals surface area contributed by atoms with Crippen LogP contribution >= 0.6 is 22.7 Å². The highest BCUT2D eigenvalue weighted by atomic mass is 32.1. The summed E-state index contributed by atoms with van der Waals surface area (Å²) in [4.78, 5) is 24.0. The summed E-state index contributed by atoms with van der Waals surface area (Å²) in [5.74, 6) is 0. The predicted octanol–water partition coefficient (Wildman–Crippen LogP) is 5.61. The van der Waals surface area contributed by atoms with E-state index < -0.39 is 0 Å². The Hall–Kier alpha value is -3.09. The summed E-state index contributed by atoms with van der Waals surface area (Å²) in [6, 6.07) is 20.3. The first-order valence-electron chi connectivity index (χ1n) is 9.23. The molecule has 5 rings (SSSR count). The summed E-state index contributed by atoms with van der Waals surface area (Å²) in [6.07, 6.45) is 1.63. The molecule has 6 heteroatoms. The Morgan fingerprint density at radius 3 is 2.59 bits per heavy atom. The fourth-order valence-corrected chi connectivity index (χ4v) is 5.01. The third-order valence-corrected chi connectivity index (χ3v) is 6.79. The Bertz CT molecular complexity index is 1350. The Kier molecular flexibility index (Phi) is 4.58. The molecule has 0 saturated carbocycles. The van der Waals surface area contributed by atoms with Gasteiger partial charge in [0.15, 0.2) is 0 Å². The van der Waals surface area contributed by atoms with Gasteiger partial charge in [0.2, 0.25) is 0 Å². The van der Waals surface area contributed by atoms with E-state index in [0.29, 0.717) is 11.9 Å². The highest BCUT2D eigenvalue weighted by Crippen LogP contribution is 2.30. The second kappa shape index (κ2) is 7.39. The maximum absolute atomic E-state index is 13.0. The smallest absolute Gasteiger partial charge is 0.262 e. The topological polar surface area (TPSA) is 47.8 Å². The van der Waals surface area contributed by atoms with Gasteiger partial charge in [0, 0.05) is 15.8 Å². The van der Waals surface area contributed by atoms with E-state index in [9.17, 15) is 4.79 Å². The minimum atomic E-state index is -0.0293. The van der Waals surface area contributed by atoms with Crippen molar-refractivity contribution in [2.75, 3.05) is 0 Å². The number of thiophene rings is 1. The van der Waals surface area contributed by atoms with Gasteiger partial charge in [-0.15, -0.1) is 22.7 Å². The minimum absolute atomic E-state index is 0.0293. The van der Waals surface area contributed by atoms with Gasteiger partial charge in [0.1, 0.15) is 9.84 Å². The summed E-state index contributed by atoms with van der Waals surface area (Å²) >= 11 is 3.14. The molecule has 0 atom stereocenters. The molecule has 0 fully saturated rings. The number of aromatic nitrogens is 3. The Labute approximate surface area is 175 Å². The molecule has 5 aromatic rings. The fraction of sp³-hybridized carbons (Fsp3) is 0.0870. The van der Waals surface area contributed by atoms with E-state index in [1.807, 2.05) is 41.8 Å². The SMILES string of the molecule is Cc1ccc(-c2nc(Cn3cnc4sc(-c5ccccc5)cc4c3=O)cs2)cc1. The summed E-state index contributed by atoms with van der Waals surface area (Å²) < 4.78 is 1.64. The Morgan fingerprint density at radius 1 is 1.00 bits per heavy atom. The molecule has 3 heterocycles. The second-order valence-corrected chi connectivity index (χ2v) is 8.77. The normalized spacial score (nSPS) is 11.2. The molecule has 0 aliphatic rings. The number of nitrogens with zero attached hydrogens (tertiary/aromatic N) is 3. The van der Waals surface area contributed by atoms with Crippen LogP contribution < -0.4 is 5.56 Å². The lowest BCUT2D eigenvalue weighted by atomic mass is 10.2. The van der Waals surface area contributed by atoms with Crippen molar-refractivity contribution in [3.8, 4) is 21.0 Å². The minimum Gasteiger partial charge on any atom is -0.293 e. The lowest BCUT2D eigenvalue weighted by Gasteiger charge is -2.02. The summed E-state index contributed by atoms with van der Waals surface area (Å²) in [5, 5.41) is 3.63. The average Bonchev–Trinajstić information content (AvgIpc) is 3.39. The number of rotatable bonds is 4. The number of thiazole rings is 1. The van der Waals surface area contributed by atoms with E-state index in [-0.39, 0.29) is 5.56 Å². The molecule has 0 unspecified atom stereocenters. The third-order valence-electron chi connectivity index (χ3n) is 4.76.